The SMILES string of the molecule is [CH-]=CC1[CH-]C2CC1C1C(C=CC3CC(C=CC4CC(C=CC5CC(C=CC)C6C7CC(C8CC=CC87)C56)C5C6CC([CH-]C6C=[CH-])C45)C4C5CC(C6CC=CC65)C34)CC(C)C21.[Y].[Y]. The molecular weight excluding hydrogens is 898 g/mol. The second-order valence-electron chi connectivity index (χ2n) is 24.9. The van der Waals surface area contributed by atoms with Crippen molar-refractivity contribution in [2.45, 2.75) is 78.1 Å². The fourth-order valence-electron chi connectivity index (χ4n) is 22.5. The summed E-state index contributed by atoms with van der Waals surface area (Å²) in [7, 11) is 0. The summed E-state index contributed by atoms with van der Waals surface area (Å²) in [4.78, 5) is 0. The zero-order chi connectivity index (χ0) is 39.7. The van der Waals surface area contributed by atoms with Gasteiger partial charge in [0, 0.05) is 65.4 Å². The monoisotopic (exact) mass is 972 g/mol. The number of fused-ring (bicyclic) bond motifs is 26. The summed E-state index contributed by atoms with van der Waals surface area (Å²) in [6, 6.07) is 0. The zero-order valence-electron chi connectivity index (χ0n) is 37.9. The van der Waals surface area contributed by atoms with E-state index in [9.17, 15) is 0 Å². The maximum atomic E-state index is 6.41. The molecule has 0 aromatic rings. The van der Waals surface area contributed by atoms with Gasteiger partial charge >= 0.3 is 0 Å². The fourth-order valence-corrected chi connectivity index (χ4v) is 22.5. The summed E-state index contributed by atoms with van der Waals surface area (Å²) in [5, 5.41) is 0. The average molecular weight is 973 g/mol. The second-order valence-corrected chi connectivity index (χ2v) is 24.9. The first-order valence-electron chi connectivity index (χ1n) is 26.3. The Kier molecular flexibility index (Phi) is 11.5. The molecule has 12 saturated carbocycles. The van der Waals surface area contributed by atoms with Gasteiger partial charge in [0.05, 0.1) is 0 Å². The van der Waals surface area contributed by atoms with E-state index in [0.29, 0.717) is 11.8 Å². The van der Waals surface area contributed by atoms with Gasteiger partial charge in [-0.05, 0) is 188 Å². The number of rotatable bonds is 9. The summed E-state index contributed by atoms with van der Waals surface area (Å²) in [6.45, 7) is 17.5. The standard InChI is InChI=1S/C60H74.2Y/c1-5-10-34-24-38(58-50-29-49(57(34)58)43-11-8-12-44(43)50)20-19-37-25-36(54-42-23-33(7-3)48(28-42)56(37)54)16-18-40-26-39(59-51-30-52(60(40)59)46-14-9-13-45(46)51)17-15-35-21-31(4)53-41-22-32(6-2)47(27-41)55(35)53;;/h2-3,5-11,14-20,22-23,31-60H,12-13,21,24-30H2,1,4H3;;/q-4;;. The Bertz CT molecular complexity index is 1950. The van der Waals surface area contributed by atoms with Gasteiger partial charge in [-0.1, -0.05) is 116 Å². The van der Waals surface area contributed by atoms with Crippen LogP contribution in [0.3, 0.4) is 0 Å². The predicted molar refractivity (Wildman–Crippen MR) is 243 cm³/mol. The molecule has 0 aliphatic heterocycles. The molecule has 30 unspecified atom stereocenters. The third-order valence-electron chi connectivity index (χ3n) is 23.5. The first-order chi connectivity index (χ1) is 29.5. The molecule has 14 rings (SSSR count). The summed E-state index contributed by atoms with van der Waals surface area (Å²) < 4.78 is 0. The molecule has 12 fully saturated rings. The molecular formula is C60H74Y2-4. The summed E-state index contributed by atoms with van der Waals surface area (Å²) in [5.41, 5.74) is 0. The molecule has 62 heavy (non-hydrogen) atoms. The second kappa shape index (κ2) is 16.4. The minimum atomic E-state index is 0. The maximum absolute atomic E-state index is 6.41. The fraction of sp³-hybridized carbons (Fsp3) is 0.700. The van der Waals surface area contributed by atoms with Crippen molar-refractivity contribution < 1.29 is 65.4 Å². The Morgan fingerprint density at radius 2 is 0.806 bits per heavy atom. The molecule has 14 aliphatic rings. The van der Waals surface area contributed by atoms with E-state index in [1.165, 1.54) is 64.2 Å². The minimum Gasteiger partial charge on any atom is -0.520 e. The Labute approximate surface area is 427 Å². The molecule has 0 amide bonds. The van der Waals surface area contributed by atoms with E-state index in [0.717, 1.165) is 166 Å². The van der Waals surface area contributed by atoms with Crippen LogP contribution in [0.15, 0.2) is 85.1 Å². The molecule has 0 spiro atoms. The molecule has 0 aromatic carbocycles. The van der Waals surface area contributed by atoms with E-state index in [1.807, 2.05) is 6.08 Å². The molecule has 2 radical (unpaired) electrons. The largest absolute Gasteiger partial charge is 0.520 e. The van der Waals surface area contributed by atoms with Crippen LogP contribution in [0.4, 0.5) is 0 Å². The van der Waals surface area contributed by atoms with Gasteiger partial charge in [0.2, 0.25) is 0 Å². The van der Waals surface area contributed by atoms with Crippen LogP contribution in [-0.4, -0.2) is 0 Å². The third kappa shape index (κ3) is 6.07. The van der Waals surface area contributed by atoms with Crippen LogP contribution < -0.4 is 0 Å². The van der Waals surface area contributed by atoms with Crippen molar-refractivity contribution in [3.8, 4) is 0 Å². The van der Waals surface area contributed by atoms with Gasteiger partial charge < -0.3 is 26.0 Å². The van der Waals surface area contributed by atoms with Crippen LogP contribution in [0.5, 0.6) is 0 Å². The molecule has 0 N–H and O–H groups in total. The van der Waals surface area contributed by atoms with E-state index in [4.69, 9.17) is 13.2 Å². The van der Waals surface area contributed by atoms with Crippen molar-refractivity contribution in [2.24, 2.45) is 178 Å². The third-order valence-corrected chi connectivity index (χ3v) is 23.5. The average Bonchev–Trinajstić information content (AvgIpc) is 4.08. The number of hydrogen-bond donors (Lipinski definition) is 0. The van der Waals surface area contributed by atoms with Crippen molar-refractivity contribution >= 4 is 0 Å². The molecule has 0 nitrogen and oxygen atoms in total. The van der Waals surface area contributed by atoms with Gasteiger partial charge in [-0.25, -0.2) is 0 Å². The Hall–Kier alpha value is 0.128. The smallest absolute Gasteiger partial charge is 0 e. The van der Waals surface area contributed by atoms with Crippen molar-refractivity contribution in [1.82, 2.24) is 0 Å². The maximum Gasteiger partial charge on any atom is 0 e. The van der Waals surface area contributed by atoms with Crippen molar-refractivity contribution in [3.05, 3.63) is 111 Å². The minimum absolute atomic E-state index is 0. The van der Waals surface area contributed by atoms with Crippen LogP contribution in [0.1, 0.15) is 78.1 Å². The first-order valence-corrected chi connectivity index (χ1v) is 26.3. The van der Waals surface area contributed by atoms with Crippen LogP contribution in [-0.2, 0) is 65.4 Å². The summed E-state index contributed by atoms with van der Waals surface area (Å²) in [6.07, 6.45) is 56.4. The predicted octanol–water partition coefficient (Wildman–Crippen LogP) is 13.3. The van der Waals surface area contributed by atoms with Gasteiger partial charge in [0.25, 0.3) is 0 Å². The molecule has 2 heteroatoms. The van der Waals surface area contributed by atoms with Crippen LogP contribution >= 0.6 is 0 Å². The summed E-state index contributed by atoms with van der Waals surface area (Å²) >= 11 is 0. The van der Waals surface area contributed by atoms with E-state index in [2.05, 4.69) is 106 Å². The van der Waals surface area contributed by atoms with Crippen molar-refractivity contribution in [2.75, 3.05) is 0 Å². The van der Waals surface area contributed by atoms with Gasteiger partial charge in [0.15, 0.2) is 0 Å². The van der Waals surface area contributed by atoms with Gasteiger partial charge in [0.1, 0.15) is 0 Å². The first kappa shape index (κ1) is 43.4. The molecule has 324 valence electrons. The molecule has 0 heterocycles. The van der Waals surface area contributed by atoms with E-state index in [-0.39, 0.29) is 65.4 Å². The van der Waals surface area contributed by atoms with Gasteiger partial charge in [-0.15, -0.1) is 0 Å². The van der Waals surface area contributed by atoms with E-state index < -0.39 is 0 Å². The molecule has 14 aliphatic carbocycles. The Balaban J connectivity index is 0.00000205. The Morgan fingerprint density at radius 3 is 1.27 bits per heavy atom. The molecule has 8 bridgehead atoms. The quantitative estimate of drug-likeness (QED) is 0.160. The van der Waals surface area contributed by atoms with Crippen molar-refractivity contribution in [1.29, 1.82) is 0 Å². The Morgan fingerprint density at radius 1 is 0.419 bits per heavy atom. The molecule has 0 aromatic heterocycles. The van der Waals surface area contributed by atoms with Crippen molar-refractivity contribution in [3.63, 3.8) is 0 Å². The number of allylic oxidation sites excluding steroid dienone is 14. The van der Waals surface area contributed by atoms with Gasteiger partial charge in [-0.2, -0.15) is 23.7 Å². The molecule has 0 saturated heterocycles. The normalized spacial score (nSPS) is 60.4. The summed E-state index contributed by atoms with van der Waals surface area (Å²) in [5.74, 6) is 25.1. The number of hydrogen-bond acceptors (Lipinski definition) is 0. The van der Waals surface area contributed by atoms with Crippen LogP contribution in [0.25, 0.3) is 0 Å². The van der Waals surface area contributed by atoms with E-state index >= 15 is 0 Å². The van der Waals surface area contributed by atoms with E-state index in [1.54, 1.807) is 0 Å². The van der Waals surface area contributed by atoms with Crippen LogP contribution in [0, 0.1) is 204 Å². The molecule has 30 atom stereocenters. The van der Waals surface area contributed by atoms with Crippen LogP contribution in [0.2, 0.25) is 0 Å². The topological polar surface area (TPSA) is 0 Å². The zero-order valence-corrected chi connectivity index (χ0v) is 43.6. The van der Waals surface area contributed by atoms with Gasteiger partial charge in [-0.3, -0.25) is 12.2 Å².